The molecule has 5 rings (SSSR count). The lowest BCUT2D eigenvalue weighted by atomic mass is 9.97. The van der Waals surface area contributed by atoms with Crippen LogP contribution in [-0.2, 0) is 11.0 Å². The second-order valence-corrected chi connectivity index (χ2v) is 9.59. The second-order valence-electron chi connectivity index (χ2n) is 8.53. The van der Waals surface area contributed by atoms with E-state index in [1.807, 2.05) is 6.07 Å². The van der Waals surface area contributed by atoms with Gasteiger partial charge in [-0.2, -0.15) is 28.4 Å². The van der Waals surface area contributed by atoms with Crippen molar-refractivity contribution in [1.82, 2.24) is 19.9 Å². The maximum absolute atomic E-state index is 14.6. The molecular formula is C25H18F4N6O3S. The monoisotopic (exact) mass is 558 g/mol. The third-order valence-corrected chi connectivity index (χ3v) is 7.23. The zero-order valence-electron chi connectivity index (χ0n) is 20.2. The molecule has 3 aromatic heterocycles. The number of benzene rings is 1. The Morgan fingerprint density at radius 2 is 2.08 bits per heavy atom. The van der Waals surface area contributed by atoms with Gasteiger partial charge in [-0.05, 0) is 23.8 Å². The Morgan fingerprint density at radius 1 is 1.31 bits per heavy atom. The molecule has 1 aromatic carbocycles. The molecule has 4 aromatic rings. The van der Waals surface area contributed by atoms with Crippen LogP contribution in [-0.4, -0.2) is 52.1 Å². The van der Waals surface area contributed by atoms with Crippen LogP contribution in [0.25, 0.3) is 32.2 Å². The van der Waals surface area contributed by atoms with Gasteiger partial charge in [-0.15, -0.1) is 11.3 Å². The van der Waals surface area contributed by atoms with Crippen molar-refractivity contribution in [1.29, 1.82) is 5.26 Å². The lowest BCUT2D eigenvalue weighted by Crippen LogP contribution is -2.29. The van der Waals surface area contributed by atoms with Gasteiger partial charge in [-0.3, -0.25) is 4.79 Å². The molecule has 1 saturated heterocycles. The smallest absolute Gasteiger partial charge is 0.433 e. The van der Waals surface area contributed by atoms with Crippen LogP contribution in [0.1, 0.15) is 17.7 Å². The number of ether oxygens (including phenoxy) is 2. The van der Waals surface area contributed by atoms with E-state index in [2.05, 4.69) is 21.5 Å². The number of anilines is 1. The lowest BCUT2D eigenvalue weighted by Gasteiger charge is -2.18. The predicted octanol–water partition coefficient (Wildman–Crippen LogP) is 4.69. The maximum Gasteiger partial charge on any atom is 0.433 e. The number of alkyl halides is 3. The Hall–Kier alpha value is -4.51. The summed E-state index contributed by atoms with van der Waals surface area (Å²) >= 11 is 0.765. The zero-order valence-corrected chi connectivity index (χ0v) is 21.0. The van der Waals surface area contributed by atoms with Crippen LogP contribution in [0.5, 0.6) is 11.9 Å². The Bertz CT molecular complexity index is 1700. The Morgan fingerprint density at radius 3 is 2.74 bits per heavy atom. The molecule has 0 saturated carbocycles. The third kappa shape index (κ3) is 4.54. The van der Waals surface area contributed by atoms with Crippen LogP contribution in [0.2, 0.25) is 0 Å². The van der Waals surface area contributed by atoms with Gasteiger partial charge in [0.2, 0.25) is 11.8 Å². The highest BCUT2D eigenvalue weighted by atomic mass is 32.1. The molecule has 1 unspecified atom stereocenters. The van der Waals surface area contributed by atoms with E-state index in [4.69, 9.17) is 15.2 Å². The number of nitriles is 1. The molecule has 1 atom stereocenters. The normalized spacial score (nSPS) is 15.5. The standard InChI is InChI=1S/C25H18F4N6O3S/c1-3-17(36)35-7-6-11(10-35)38-23-19-16(32-24(34-23)37-2)8-13(21(33-19)25(27,28)29)12-4-5-15(26)20-18(12)14(9-30)22(31)39-20/h3-5,8,11H,1,6-7,10,31H2,2H3. The molecule has 0 radical (unpaired) electrons. The van der Waals surface area contributed by atoms with E-state index < -0.39 is 29.4 Å². The first kappa shape index (κ1) is 26.1. The van der Waals surface area contributed by atoms with E-state index in [0.29, 0.717) is 13.0 Å². The van der Waals surface area contributed by atoms with Crippen LogP contribution < -0.4 is 15.2 Å². The van der Waals surface area contributed by atoms with Gasteiger partial charge in [0.1, 0.15) is 28.5 Å². The van der Waals surface area contributed by atoms with Crippen molar-refractivity contribution in [2.24, 2.45) is 0 Å². The van der Waals surface area contributed by atoms with Crippen molar-refractivity contribution < 1.29 is 31.8 Å². The molecule has 2 N–H and O–H groups in total. The van der Waals surface area contributed by atoms with Gasteiger partial charge in [0.15, 0.2) is 11.2 Å². The molecule has 1 amide bonds. The zero-order chi connectivity index (χ0) is 28.1. The number of fused-ring (bicyclic) bond motifs is 2. The Balaban J connectivity index is 1.72. The van der Waals surface area contributed by atoms with Crippen molar-refractivity contribution in [2.75, 3.05) is 25.9 Å². The van der Waals surface area contributed by atoms with Crippen molar-refractivity contribution >= 4 is 43.4 Å². The number of amides is 1. The number of pyridine rings is 1. The minimum absolute atomic E-state index is 0.0265. The van der Waals surface area contributed by atoms with E-state index in [1.165, 1.54) is 12.0 Å². The highest BCUT2D eigenvalue weighted by Crippen LogP contribution is 2.45. The summed E-state index contributed by atoms with van der Waals surface area (Å²) in [7, 11) is 1.28. The molecule has 0 bridgehead atoms. The highest BCUT2D eigenvalue weighted by molar-refractivity contribution is 7.23. The van der Waals surface area contributed by atoms with Gasteiger partial charge >= 0.3 is 12.2 Å². The largest absolute Gasteiger partial charge is 0.471 e. The van der Waals surface area contributed by atoms with Crippen molar-refractivity contribution in [2.45, 2.75) is 18.7 Å². The topological polar surface area (TPSA) is 127 Å². The van der Waals surface area contributed by atoms with Gasteiger partial charge in [0.05, 0.1) is 23.9 Å². The fraction of sp³-hybridized carbons (Fsp3) is 0.240. The van der Waals surface area contributed by atoms with E-state index >= 15 is 0 Å². The van der Waals surface area contributed by atoms with E-state index in [-0.39, 0.29) is 61.6 Å². The number of nitrogens with zero attached hydrogens (tertiary/aromatic N) is 5. The molecule has 0 aliphatic carbocycles. The number of hydrogen-bond donors (Lipinski definition) is 1. The highest BCUT2D eigenvalue weighted by Gasteiger charge is 2.38. The fourth-order valence-corrected chi connectivity index (χ4v) is 5.39. The molecule has 1 aliphatic heterocycles. The van der Waals surface area contributed by atoms with Crippen LogP contribution in [0.15, 0.2) is 30.9 Å². The summed E-state index contributed by atoms with van der Waals surface area (Å²) in [6.45, 7) is 3.99. The summed E-state index contributed by atoms with van der Waals surface area (Å²) in [5, 5.41) is 9.53. The maximum atomic E-state index is 14.6. The van der Waals surface area contributed by atoms with Crippen LogP contribution in [0.3, 0.4) is 0 Å². The summed E-state index contributed by atoms with van der Waals surface area (Å²) in [5.74, 6) is -1.28. The van der Waals surface area contributed by atoms with E-state index in [1.54, 1.807) is 0 Å². The number of rotatable bonds is 5. The molecule has 4 heterocycles. The average molecular weight is 559 g/mol. The first-order chi connectivity index (χ1) is 18.5. The van der Waals surface area contributed by atoms with Crippen molar-refractivity contribution in [3.8, 4) is 29.1 Å². The second kappa shape index (κ2) is 9.66. The van der Waals surface area contributed by atoms with Crippen LogP contribution >= 0.6 is 11.3 Å². The van der Waals surface area contributed by atoms with Gasteiger partial charge in [-0.1, -0.05) is 12.6 Å². The minimum Gasteiger partial charge on any atom is -0.471 e. The molecule has 200 valence electrons. The minimum atomic E-state index is -4.96. The van der Waals surface area contributed by atoms with Crippen LogP contribution in [0.4, 0.5) is 22.6 Å². The molecule has 39 heavy (non-hydrogen) atoms. The number of carbonyl (C=O) groups is 1. The van der Waals surface area contributed by atoms with E-state index in [0.717, 1.165) is 35.6 Å². The molecule has 1 aliphatic rings. The van der Waals surface area contributed by atoms with E-state index in [9.17, 15) is 27.6 Å². The Labute approximate surface area is 222 Å². The van der Waals surface area contributed by atoms with Crippen molar-refractivity contribution in [3.05, 3.63) is 47.9 Å². The summed E-state index contributed by atoms with van der Waals surface area (Å²) in [6.07, 6.45) is -3.97. The fourth-order valence-electron chi connectivity index (χ4n) is 4.44. The third-order valence-electron chi connectivity index (χ3n) is 6.20. The summed E-state index contributed by atoms with van der Waals surface area (Å²) in [6, 6.07) is 4.92. The van der Waals surface area contributed by atoms with Gasteiger partial charge < -0.3 is 20.1 Å². The summed E-state index contributed by atoms with van der Waals surface area (Å²) in [5.41, 5.74) is 3.56. The molecule has 14 heteroatoms. The van der Waals surface area contributed by atoms with Gasteiger partial charge in [0, 0.05) is 23.9 Å². The number of carbonyl (C=O) groups excluding carboxylic acids is 1. The number of likely N-dealkylation sites (tertiary alicyclic amines) is 1. The molecule has 9 nitrogen and oxygen atoms in total. The molecule has 0 spiro atoms. The number of thiophene rings is 1. The summed E-state index contributed by atoms with van der Waals surface area (Å²) in [4.78, 5) is 25.5. The number of aromatic nitrogens is 3. The average Bonchev–Trinajstić information content (AvgIpc) is 3.51. The first-order valence-corrected chi connectivity index (χ1v) is 12.2. The van der Waals surface area contributed by atoms with Crippen LogP contribution in [0, 0.1) is 17.1 Å². The number of halogens is 4. The number of methoxy groups -OCH3 is 1. The lowest BCUT2D eigenvalue weighted by molar-refractivity contribution is -0.140. The summed E-state index contributed by atoms with van der Waals surface area (Å²) < 4.78 is 68.8. The number of hydrogen-bond acceptors (Lipinski definition) is 9. The SMILES string of the molecule is C=CC(=O)N1CCC(Oc2nc(OC)nc3cc(-c4ccc(F)c5sc(N)c(C#N)c45)c(C(F)(F)F)nc23)C1. The van der Waals surface area contributed by atoms with Gasteiger partial charge in [0.25, 0.3) is 0 Å². The van der Waals surface area contributed by atoms with Gasteiger partial charge in [-0.25, -0.2) is 9.37 Å². The molecular weight excluding hydrogens is 540 g/mol. The first-order valence-electron chi connectivity index (χ1n) is 11.4. The quantitative estimate of drug-likeness (QED) is 0.276. The number of nitrogen functional groups attached to an aromatic ring is 1. The van der Waals surface area contributed by atoms with Crippen molar-refractivity contribution in [3.63, 3.8) is 0 Å². The Kier molecular flexibility index (Phi) is 6.47. The number of nitrogens with two attached hydrogens (primary N) is 1. The molecule has 1 fully saturated rings. The predicted molar refractivity (Wildman–Crippen MR) is 135 cm³/mol.